The lowest BCUT2D eigenvalue weighted by atomic mass is 10.1. The smallest absolute Gasteiger partial charge is 0.266 e. The standard InChI is InChI=1S/C15H16ClN3O2/c16-12-5-3-10(4-6-12)13-9-19(7-8-20-13)15-17-14(21-18-15)11-1-2-11/h3-6,11,13H,1-2,7-9H2. The van der Waals surface area contributed by atoms with Crippen LogP contribution in [0.5, 0.6) is 0 Å². The van der Waals surface area contributed by atoms with Crippen molar-refractivity contribution < 1.29 is 9.26 Å². The summed E-state index contributed by atoms with van der Waals surface area (Å²) in [6, 6.07) is 7.78. The van der Waals surface area contributed by atoms with E-state index in [-0.39, 0.29) is 6.10 Å². The first-order chi connectivity index (χ1) is 10.3. The molecule has 21 heavy (non-hydrogen) atoms. The zero-order valence-electron chi connectivity index (χ0n) is 11.5. The number of aromatic nitrogens is 2. The summed E-state index contributed by atoms with van der Waals surface area (Å²) in [6.07, 6.45) is 2.34. The summed E-state index contributed by atoms with van der Waals surface area (Å²) in [6.45, 7) is 2.17. The highest BCUT2D eigenvalue weighted by Crippen LogP contribution is 2.39. The molecule has 0 amide bonds. The van der Waals surface area contributed by atoms with Gasteiger partial charge in [-0.25, -0.2) is 0 Å². The number of morpholine rings is 1. The first-order valence-electron chi connectivity index (χ1n) is 7.25. The van der Waals surface area contributed by atoms with E-state index in [0.717, 1.165) is 42.4 Å². The predicted molar refractivity (Wildman–Crippen MR) is 78.6 cm³/mol. The van der Waals surface area contributed by atoms with Crippen molar-refractivity contribution in [3.63, 3.8) is 0 Å². The zero-order valence-corrected chi connectivity index (χ0v) is 12.3. The Balaban J connectivity index is 1.50. The second-order valence-corrected chi connectivity index (χ2v) is 6.00. The molecule has 0 radical (unpaired) electrons. The number of ether oxygens (including phenoxy) is 1. The molecule has 1 unspecified atom stereocenters. The Kier molecular flexibility index (Phi) is 3.31. The molecule has 2 heterocycles. The van der Waals surface area contributed by atoms with Gasteiger partial charge in [-0.3, -0.25) is 0 Å². The Morgan fingerprint density at radius 3 is 2.76 bits per heavy atom. The van der Waals surface area contributed by atoms with Gasteiger partial charge in [-0.15, -0.1) is 0 Å². The molecule has 1 aromatic carbocycles. The molecule has 0 N–H and O–H groups in total. The van der Waals surface area contributed by atoms with E-state index in [2.05, 4.69) is 15.0 Å². The number of nitrogens with zero attached hydrogens (tertiary/aromatic N) is 3. The fourth-order valence-corrected chi connectivity index (χ4v) is 2.69. The minimum atomic E-state index is 0.0129. The number of benzene rings is 1. The van der Waals surface area contributed by atoms with E-state index in [1.807, 2.05) is 24.3 Å². The molecule has 1 saturated carbocycles. The van der Waals surface area contributed by atoms with Gasteiger partial charge in [0.1, 0.15) is 6.10 Å². The Hall–Kier alpha value is -1.59. The van der Waals surface area contributed by atoms with E-state index in [1.165, 1.54) is 0 Å². The van der Waals surface area contributed by atoms with Gasteiger partial charge in [0, 0.05) is 17.5 Å². The van der Waals surface area contributed by atoms with Gasteiger partial charge in [0.2, 0.25) is 5.89 Å². The number of hydrogen-bond acceptors (Lipinski definition) is 5. The molecule has 0 spiro atoms. The van der Waals surface area contributed by atoms with Gasteiger partial charge in [0.05, 0.1) is 13.2 Å². The Bertz CT molecular complexity index is 624. The summed E-state index contributed by atoms with van der Waals surface area (Å²) in [7, 11) is 0. The van der Waals surface area contributed by atoms with E-state index in [0.29, 0.717) is 18.5 Å². The molecule has 5 nitrogen and oxygen atoms in total. The number of rotatable bonds is 3. The van der Waals surface area contributed by atoms with Crippen molar-refractivity contribution in [3.05, 3.63) is 40.7 Å². The van der Waals surface area contributed by atoms with E-state index in [9.17, 15) is 0 Å². The lowest BCUT2D eigenvalue weighted by molar-refractivity contribution is 0.0391. The maximum atomic E-state index is 5.93. The molecule has 1 saturated heterocycles. The Labute approximate surface area is 127 Å². The Morgan fingerprint density at radius 2 is 2.00 bits per heavy atom. The first-order valence-corrected chi connectivity index (χ1v) is 7.63. The predicted octanol–water partition coefficient (Wildman–Crippen LogP) is 3.18. The summed E-state index contributed by atoms with van der Waals surface area (Å²) in [5, 5.41) is 4.84. The Morgan fingerprint density at radius 1 is 1.19 bits per heavy atom. The van der Waals surface area contributed by atoms with Gasteiger partial charge in [0.15, 0.2) is 0 Å². The third-order valence-electron chi connectivity index (χ3n) is 3.95. The summed E-state index contributed by atoms with van der Waals surface area (Å²) in [5.41, 5.74) is 1.12. The van der Waals surface area contributed by atoms with Gasteiger partial charge in [-0.2, -0.15) is 4.98 Å². The third-order valence-corrected chi connectivity index (χ3v) is 4.20. The van der Waals surface area contributed by atoms with Crippen LogP contribution in [0, 0.1) is 0 Å². The molecule has 1 aliphatic carbocycles. The van der Waals surface area contributed by atoms with Gasteiger partial charge >= 0.3 is 0 Å². The molecule has 2 aromatic rings. The highest BCUT2D eigenvalue weighted by molar-refractivity contribution is 6.30. The molecular weight excluding hydrogens is 290 g/mol. The molecule has 1 aromatic heterocycles. The van der Waals surface area contributed by atoms with Crippen molar-refractivity contribution in [2.45, 2.75) is 24.9 Å². The molecular formula is C15H16ClN3O2. The molecule has 1 atom stereocenters. The summed E-state index contributed by atoms with van der Waals surface area (Å²) in [4.78, 5) is 6.63. The van der Waals surface area contributed by atoms with Crippen LogP contribution in [0.25, 0.3) is 0 Å². The van der Waals surface area contributed by atoms with Gasteiger partial charge in [0.25, 0.3) is 5.95 Å². The SMILES string of the molecule is Clc1ccc(C2CN(c3noc(C4CC4)n3)CCO2)cc1. The zero-order chi connectivity index (χ0) is 14.2. The number of halogens is 1. The van der Waals surface area contributed by atoms with Crippen LogP contribution in [0.2, 0.25) is 5.02 Å². The lowest BCUT2D eigenvalue weighted by Crippen LogP contribution is -2.39. The van der Waals surface area contributed by atoms with Crippen molar-refractivity contribution in [1.82, 2.24) is 10.1 Å². The normalized spacial score (nSPS) is 22.5. The van der Waals surface area contributed by atoms with Crippen molar-refractivity contribution in [2.75, 3.05) is 24.6 Å². The second kappa shape index (κ2) is 5.31. The third kappa shape index (κ3) is 2.76. The monoisotopic (exact) mass is 305 g/mol. The largest absolute Gasteiger partial charge is 0.370 e. The van der Waals surface area contributed by atoms with E-state index < -0.39 is 0 Å². The maximum absolute atomic E-state index is 5.93. The van der Waals surface area contributed by atoms with Crippen LogP contribution in [0.1, 0.15) is 36.3 Å². The molecule has 2 aliphatic rings. The molecule has 2 fully saturated rings. The average Bonchev–Trinajstić information content (AvgIpc) is 3.25. The average molecular weight is 306 g/mol. The van der Waals surface area contributed by atoms with Gasteiger partial charge in [-0.1, -0.05) is 23.7 Å². The highest BCUT2D eigenvalue weighted by atomic mass is 35.5. The van der Waals surface area contributed by atoms with Crippen LogP contribution in [0.3, 0.4) is 0 Å². The van der Waals surface area contributed by atoms with Crippen LogP contribution in [0.15, 0.2) is 28.8 Å². The van der Waals surface area contributed by atoms with E-state index >= 15 is 0 Å². The second-order valence-electron chi connectivity index (χ2n) is 5.56. The summed E-state index contributed by atoms with van der Waals surface area (Å²) < 4.78 is 11.2. The first kappa shape index (κ1) is 13.1. The van der Waals surface area contributed by atoms with Crippen LogP contribution in [-0.2, 0) is 4.74 Å². The van der Waals surface area contributed by atoms with Crippen LogP contribution in [0.4, 0.5) is 5.95 Å². The van der Waals surface area contributed by atoms with Crippen LogP contribution >= 0.6 is 11.6 Å². The minimum Gasteiger partial charge on any atom is -0.370 e. The van der Waals surface area contributed by atoms with Crippen LogP contribution < -0.4 is 4.90 Å². The van der Waals surface area contributed by atoms with Crippen molar-refractivity contribution in [1.29, 1.82) is 0 Å². The van der Waals surface area contributed by atoms with E-state index in [4.69, 9.17) is 20.9 Å². The summed E-state index contributed by atoms with van der Waals surface area (Å²) in [5.74, 6) is 1.94. The lowest BCUT2D eigenvalue weighted by Gasteiger charge is -2.32. The number of hydrogen-bond donors (Lipinski definition) is 0. The fraction of sp³-hybridized carbons (Fsp3) is 0.467. The maximum Gasteiger partial charge on any atom is 0.266 e. The minimum absolute atomic E-state index is 0.0129. The van der Waals surface area contributed by atoms with Crippen molar-refractivity contribution >= 4 is 17.5 Å². The molecule has 4 rings (SSSR count). The topological polar surface area (TPSA) is 51.4 Å². The fourth-order valence-electron chi connectivity index (χ4n) is 2.56. The molecule has 6 heteroatoms. The van der Waals surface area contributed by atoms with Gasteiger partial charge < -0.3 is 14.2 Å². The summed E-state index contributed by atoms with van der Waals surface area (Å²) >= 11 is 5.93. The number of anilines is 1. The van der Waals surface area contributed by atoms with Crippen molar-refractivity contribution in [3.8, 4) is 0 Å². The molecule has 0 bridgehead atoms. The van der Waals surface area contributed by atoms with Gasteiger partial charge in [-0.05, 0) is 35.7 Å². The molecule has 110 valence electrons. The van der Waals surface area contributed by atoms with Crippen LogP contribution in [-0.4, -0.2) is 29.8 Å². The molecule has 1 aliphatic heterocycles. The van der Waals surface area contributed by atoms with Crippen molar-refractivity contribution in [2.24, 2.45) is 0 Å². The highest BCUT2D eigenvalue weighted by Gasteiger charge is 2.31. The quantitative estimate of drug-likeness (QED) is 0.871. The van der Waals surface area contributed by atoms with E-state index in [1.54, 1.807) is 0 Å².